The SMILES string of the molecule is COc1cccc(O[C@H](C)C(=O)Nc2ccccc2Oc2ccccc2)c1. The highest BCUT2D eigenvalue weighted by Gasteiger charge is 2.17. The van der Waals surface area contributed by atoms with Crippen molar-refractivity contribution in [2.24, 2.45) is 0 Å². The monoisotopic (exact) mass is 363 g/mol. The minimum Gasteiger partial charge on any atom is -0.497 e. The molecule has 0 saturated carbocycles. The summed E-state index contributed by atoms with van der Waals surface area (Å²) in [5.74, 6) is 2.21. The number of benzene rings is 3. The molecule has 1 atom stereocenters. The second-order valence-corrected chi connectivity index (χ2v) is 5.84. The van der Waals surface area contributed by atoms with Crippen molar-refractivity contribution in [2.45, 2.75) is 13.0 Å². The van der Waals surface area contributed by atoms with Gasteiger partial charge in [0.2, 0.25) is 0 Å². The molecule has 3 aromatic rings. The molecule has 0 radical (unpaired) electrons. The number of hydrogen-bond acceptors (Lipinski definition) is 4. The van der Waals surface area contributed by atoms with Crippen LogP contribution in [0.4, 0.5) is 5.69 Å². The lowest BCUT2D eigenvalue weighted by atomic mass is 10.2. The van der Waals surface area contributed by atoms with Crippen molar-refractivity contribution in [2.75, 3.05) is 12.4 Å². The number of anilines is 1. The Labute approximate surface area is 158 Å². The van der Waals surface area contributed by atoms with E-state index in [0.29, 0.717) is 28.7 Å². The maximum atomic E-state index is 12.6. The zero-order valence-electron chi connectivity index (χ0n) is 15.2. The number of methoxy groups -OCH3 is 1. The highest BCUT2D eigenvalue weighted by atomic mass is 16.5. The highest BCUT2D eigenvalue weighted by molar-refractivity contribution is 5.95. The number of carbonyl (C=O) groups is 1. The van der Waals surface area contributed by atoms with Gasteiger partial charge < -0.3 is 19.5 Å². The molecule has 1 N–H and O–H groups in total. The van der Waals surface area contributed by atoms with Gasteiger partial charge in [0.15, 0.2) is 11.9 Å². The molecule has 0 unspecified atom stereocenters. The Bertz CT molecular complexity index is 896. The Balaban J connectivity index is 1.68. The van der Waals surface area contributed by atoms with Crippen molar-refractivity contribution in [3.8, 4) is 23.0 Å². The van der Waals surface area contributed by atoms with Gasteiger partial charge in [-0.3, -0.25) is 4.79 Å². The average molecular weight is 363 g/mol. The maximum Gasteiger partial charge on any atom is 0.265 e. The molecule has 0 aromatic heterocycles. The number of carbonyl (C=O) groups excluding carboxylic acids is 1. The molecule has 0 saturated heterocycles. The van der Waals surface area contributed by atoms with E-state index in [1.165, 1.54) is 0 Å². The Morgan fingerprint density at radius 2 is 1.52 bits per heavy atom. The Morgan fingerprint density at radius 1 is 0.852 bits per heavy atom. The standard InChI is InChI=1S/C22H21NO4/c1-16(26-19-12-8-11-18(15-19)25-2)22(24)23-20-13-6-7-14-21(20)27-17-9-4-3-5-10-17/h3-16H,1-2H3,(H,23,24)/t16-/m1/s1. The van der Waals surface area contributed by atoms with Crippen molar-refractivity contribution >= 4 is 11.6 Å². The molecule has 3 rings (SSSR count). The summed E-state index contributed by atoms with van der Waals surface area (Å²) in [6.07, 6.45) is -0.693. The van der Waals surface area contributed by atoms with Crippen LogP contribution in [0.15, 0.2) is 78.9 Å². The number of ether oxygens (including phenoxy) is 3. The summed E-state index contributed by atoms with van der Waals surface area (Å²) in [6.45, 7) is 1.69. The Hall–Kier alpha value is -3.47. The number of rotatable bonds is 7. The van der Waals surface area contributed by atoms with Crippen molar-refractivity contribution < 1.29 is 19.0 Å². The molecule has 27 heavy (non-hydrogen) atoms. The van der Waals surface area contributed by atoms with Crippen molar-refractivity contribution in [1.82, 2.24) is 0 Å². The third-order valence-electron chi connectivity index (χ3n) is 3.84. The molecule has 0 spiro atoms. The second-order valence-electron chi connectivity index (χ2n) is 5.84. The summed E-state index contributed by atoms with van der Waals surface area (Å²) in [6, 6.07) is 23.8. The van der Waals surface area contributed by atoms with E-state index in [4.69, 9.17) is 14.2 Å². The number of para-hydroxylation sites is 3. The third-order valence-corrected chi connectivity index (χ3v) is 3.84. The van der Waals surface area contributed by atoms with Gasteiger partial charge in [-0.25, -0.2) is 0 Å². The van der Waals surface area contributed by atoms with E-state index in [9.17, 15) is 4.79 Å². The molecule has 0 fully saturated rings. The van der Waals surface area contributed by atoms with Gasteiger partial charge in [0.05, 0.1) is 12.8 Å². The number of amides is 1. The lowest BCUT2D eigenvalue weighted by Gasteiger charge is -2.17. The molecular formula is C22H21NO4. The molecule has 5 heteroatoms. The summed E-state index contributed by atoms with van der Waals surface area (Å²) in [5, 5.41) is 2.86. The Kier molecular flexibility index (Phi) is 5.94. The van der Waals surface area contributed by atoms with Crippen LogP contribution < -0.4 is 19.5 Å². The van der Waals surface area contributed by atoms with Crippen LogP contribution in [0.1, 0.15) is 6.92 Å². The van der Waals surface area contributed by atoms with E-state index in [0.717, 1.165) is 0 Å². The minimum atomic E-state index is -0.693. The molecular weight excluding hydrogens is 342 g/mol. The van der Waals surface area contributed by atoms with Crippen LogP contribution in [0.2, 0.25) is 0 Å². The van der Waals surface area contributed by atoms with Gasteiger partial charge in [0.1, 0.15) is 17.2 Å². The molecule has 0 heterocycles. The fourth-order valence-electron chi connectivity index (χ4n) is 2.44. The van der Waals surface area contributed by atoms with E-state index >= 15 is 0 Å². The zero-order valence-corrected chi connectivity index (χ0v) is 15.2. The topological polar surface area (TPSA) is 56.8 Å². The van der Waals surface area contributed by atoms with Gasteiger partial charge in [-0.05, 0) is 43.3 Å². The van der Waals surface area contributed by atoms with Crippen molar-refractivity contribution in [3.05, 3.63) is 78.9 Å². The predicted octanol–water partition coefficient (Wildman–Crippen LogP) is 4.89. The summed E-state index contributed by atoms with van der Waals surface area (Å²) < 4.78 is 16.8. The predicted molar refractivity (Wildman–Crippen MR) is 105 cm³/mol. The first kappa shape index (κ1) is 18.3. The van der Waals surface area contributed by atoms with Crippen LogP contribution in [0, 0.1) is 0 Å². The molecule has 0 aliphatic rings. The van der Waals surface area contributed by atoms with E-state index < -0.39 is 6.10 Å². The molecule has 3 aromatic carbocycles. The van der Waals surface area contributed by atoms with Crippen molar-refractivity contribution in [1.29, 1.82) is 0 Å². The maximum absolute atomic E-state index is 12.6. The molecule has 0 aliphatic heterocycles. The fourth-order valence-corrected chi connectivity index (χ4v) is 2.44. The third kappa shape index (κ3) is 5.01. The van der Waals surface area contributed by atoms with Gasteiger partial charge >= 0.3 is 0 Å². The van der Waals surface area contributed by atoms with Gasteiger partial charge in [-0.1, -0.05) is 36.4 Å². The van der Waals surface area contributed by atoms with E-state index in [-0.39, 0.29) is 5.91 Å². The lowest BCUT2D eigenvalue weighted by molar-refractivity contribution is -0.122. The van der Waals surface area contributed by atoms with E-state index in [1.807, 2.05) is 54.6 Å². The minimum absolute atomic E-state index is 0.276. The van der Waals surface area contributed by atoms with Crippen LogP contribution in [0.5, 0.6) is 23.0 Å². The average Bonchev–Trinajstić information content (AvgIpc) is 2.70. The zero-order chi connectivity index (χ0) is 19.1. The van der Waals surface area contributed by atoms with E-state index in [2.05, 4.69) is 5.32 Å². The van der Waals surface area contributed by atoms with Crippen molar-refractivity contribution in [3.63, 3.8) is 0 Å². The Morgan fingerprint density at radius 3 is 2.30 bits per heavy atom. The number of nitrogens with one attached hydrogen (secondary N) is 1. The molecule has 1 amide bonds. The van der Waals surface area contributed by atoms with Gasteiger partial charge in [0.25, 0.3) is 5.91 Å². The summed E-state index contributed by atoms with van der Waals surface area (Å²) in [7, 11) is 1.58. The van der Waals surface area contributed by atoms with Crippen LogP contribution in [-0.4, -0.2) is 19.1 Å². The van der Waals surface area contributed by atoms with Gasteiger partial charge in [0, 0.05) is 6.07 Å². The van der Waals surface area contributed by atoms with Crippen LogP contribution in [0.25, 0.3) is 0 Å². The molecule has 138 valence electrons. The quantitative estimate of drug-likeness (QED) is 0.649. The second kappa shape index (κ2) is 8.76. The first-order chi connectivity index (χ1) is 13.2. The summed E-state index contributed by atoms with van der Waals surface area (Å²) in [5.41, 5.74) is 0.576. The van der Waals surface area contributed by atoms with Crippen LogP contribution in [0.3, 0.4) is 0 Å². The molecule has 5 nitrogen and oxygen atoms in total. The summed E-state index contributed by atoms with van der Waals surface area (Å²) in [4.78, 5) is 12.6. The van der Waals surface area contributed by atoms with Crippen LogP contribution >= 0.6 is 0 Å². The largest absolute Gasteiger partial charge is 0.497 e. The van der Waals surface area contributed by atoms with Crippen LogP contribution in [-0.2, 0) is 4.79 Å². The number of hydrogen-bond donors (Lipinski definition) is 1. The first-order valence-corrected chi connectivity index (χ1v) is 8.59. The lowest BCUT2D eigenvalue weighted by Crippen LogP contribution is -2.30. The molecule has 0 aliphatic carbocycles. The normalized spacial score (nSPS) is 11.3. The summed E-state index contributed by atoms with van der Waals surface area (Å²) >= 11 is 0. The van der Waals surface area contributed by atoms with Gasteiger partial charge in [-0.2, -0.15) is 0 Å². The molecule has 0 bridgehead atoms. The van der Waals surface area contributed by atoms with Gasteiger partial charge in [-0.15, -0.1) is 0 Å². The smallest absolute Gasteiger partial charge is 0.265 e. The van der Waals surface area contributed by atoms with E-state index in [1.54, 1.807) is 38.3 Å². The highest BCUT2D eigenvalue weighted by Crippen LogP contribution is 2.29. The fraction of sp³-hybridized carbons (Fsp3) is 0.136. The first-order valence-electron chi connectivity index (χ1n) is 8.59.